The lowest BCUT2D eigenvalue weighted by Crippen LogP contribution is -2.49. The van der Waals surface area contributed by atoms with Crippen molar-refractivity contribution in [2.45, 2.75) is 44.6 Å². The molecule has 0 aromatic heterocycles. The smallest absolute Gasteiger partial charge is 0.410 e. The number of hydrogen-bond donors (Lipinski definition) is 1. The number of carbonyl (C=O) groups excluding carboxylic acids is 3. The lowest BCUT2D eigenvalue weighted by Gasteiger charge is -2.38. The summed E-state index contributed by atoms with van der Waals surface area (Å²) in [4.78, 5) is 37.5. The van der Waals surface area contributed by atoms with Gasteiger partial charge in [0, 0.05) is 24.3 Å². The van der Waals surface area contributed by atoms with Gasteiger partial charge in [0.15, 0.2) is 0 Å². The van der Waals surface area contributed by atoms with E-state index in [0.29, 0.717) is 31.5 Å². The zero-order valence-electron chi connectivity index (χ0n) is 14.2. The highest BCUT2D eigenvalue weighted by atomic mass is 16.6. The Balaban J connectivity index is 1.80. The van der Waals surface area contributed by atoms with Crippen LogP contribution in [0.25, 0.3) is 0 Å². The molecule has 0 saturated carbocycles. The molecule has 2 aliphatic rings. The Kier molecular flexibility index (Phi) is 3.86. The quantitative estimate of drug-likeness (QED) is 0.803. The summed E-state index contributed by atoms with van der Waals surface area (Å²) >= 11 is 0. The topological polar surface area (TPSA) is 75.7 Å². The van der Waals surface area contributed by atoms with Gasteiger partial charge in [0.1, 0.15) is 11.9 Å². The van der Waals surface area contributed by atoms with E-state index in [1.165, 1.54) is 0 Å². The van der Waals surface area contributed by atoms with Crippen molar-refractivity contribution in [3.8, 4) is 0 Å². The van der Waals surface area contributed by atoms with E-state index in [1.54, 1.807) is 23.1 Å². The predicted molar refractivity (Wildman–Crippen MR) is 89.2 cm³/mol. The molecule has 24 heavy (non-hydrogen) atoms. The van der Waals surface area contributed by atoms with Crippen molar-refractivity contribution in [2.75, 3.05) is 18.4 Å². The minimum Gasteiger partial charge on any atom is -0.444 e. The highest BCUT2D eigenvalue weighted by molar-refractivity contribution is 6.07. The van der Waals surface area contributed by atoms with E-state index >= 15 is 0 Å². The number of anilines is 1. The second-order valence-electron chi connectivity index (χ2n) is 7.43. The number of rotatable bonds is 1. The maximum Gasteiger partial charge on any atom is 0.410 e. The van der Waals surface area contributed by atoms with E-state index in [4.69, 9.17) is 4.74 Å². The first-order valence-electron chi connectivity index (χ1n) is 8.14. The number of benzene rings is 1. The second kappa shape index (κ2) is 5.61. The van der Waals surface area contributed by atoms with Gasteiger partial charge in [0.05, 0.1) is 5.41 Å². The standard InChI is InChI=1S/C18H22N2O4/c1-17(2,3)24-16(23)20-8-6-18(7-9-20)13-10-12(11-21)4-5-14(13)19-15(18)22/h4-5,10-11H,6-9H2,1-3H3,(H,19,22). The molecule has 128 valence electrons. The average Bonchev–Trinajstić information content (AvgIpc) is 2.78. The van der Waals surface area contributed by atoms with Crippen LogP contribution in [-0.4, -0.2) is 41.9 Å². The van der Waals surface area contributed by atoms with Crippen LogP contribution in [0.3, 0.4) is 0 Å². The first-order valence-corrected chi connectivity index (χ1v) is 8.14. The lowest BCUT2D eigenvalue weighted by atomic mass is 9.73. The highest BCUT2D eigenvalue weighted by Crippen LogP contribution is 2.45. The summed E-state index contributed by atoms with van der Waals surface area (Å²) in [5.41, 5.74) is 0.978. The molecule has 1 fully saturated rings. The molecule has 1 spiro atoms. The molecule has 1 aromatic rings. The Labute approximate surface area is 141 Å². The van der Waals surface area contributed by atoms with E-state index < -0.39 is 11.0 Å². The third kappa shape index (κ3) is 2.77. The van der Waals surface area contributed by atoms with Crippen LogP contribution in [0.4, 0.5) is 10.5 Å². The largest absolute Gasteiger partial charge is 0.444 e. The number of fused-ring (bicyclic) bond motifs is 2. The number of carbonyl (C=O) groups is 3. The summed E-state index contributed by atoms with van der Waals surface area (Å²) in [6.07, 6.45) is 1.48. The molecule has 2 aliphatic heterocycles. The van der Waals surface area contributed by atoms with E-state index in [0.717, 1.165) is 17.5 Å². The van der Waals surface area contributed by atoms with Crippen molar-refractivity contribution >= 4 is 24.0 Å². The molecule has 1 N–H and O–H groups in total. The molecule has 2 heterocycles. The zero-order valence-corrected chi connectivity index (χ0v) is 14.2. The van der Waals surface area contributed by atoms with E-state index in [-0.39, 0.29) is 12.0 Å². The normalized spacial score (nSPS) is 19.0. The van der Waals surface area contributed by atoms with E-state index in [1.807, 2.05) is 20.8 Å². The van der Waals surface area contributed by atoms with Crippen LogP contribution in [0.1, 0.15) is 49.5 Å². The minimum absolute atomic E-state index is 0.0515. The molecule has 6 nitrogen and oxygen atoms in total. The summed E-state index contributed by atoms with van der Waals surface area (Å²) in [6.45, 7) is 6.40. The molecule has 6 heteroatoms. The SMILES string of the molecule is CC(C)(C)OC(=O)N1CCC2(CC1)C(=O)Nc1ccc(C=O)cc12. The number of piperidine rings is 1. The Morgan fingerprint density at radius 3 is 2.54 bits per heavy atom. The Bertz CT molecular complexity index is 697. The van der Waals surface area contributed by atoms with Gasteiger partial charge in [-0.15, -0.1) is 0 Å². The summed E-state index contributed by atoms with van der Waals surface area (Å²) < 4.78 is 5.40. The number of amides is 2. The molecular weight excluding hydrogens is 308 g/mol. The van der Waals surface area contributed by atoms with Crippen LogP contribution >= 0.6 is 0 Å². The van der Waals surface area contributed by atoms with Crippen molar-refractivity contribution in [1.29, 1.82) is 0 Å². The first kappa shape index (κ1) is 16.5. The van der Waals surface area contributed by atoms with Crippen LogP contribution in [-0.2, 0) is 14.9 Å². The maximum absolute atomic E-state index is 12.6. The number of aldehydes is 1. The van der Waals surface area contributed by atoms with Crippen LogP contribution in [0.2, 0.25) is 0 Å². The Morgan fingerprint density at radius 2 is 1.96 bits per heavy atom. The highest BCUT2D eigenvalue weighted by Gasteiger charge is 2.49. The molecule has 0 radical (unpaired) electrons. The van der Waals surface area contributed by atoms with Gasteiger partial charge in [-0.05, 0) is 57.4 Å². The fraction of sp³-hybridized carbons (Fsp3) is 0.500. The van der Waals surface area contributed by atoms with Crippen molar-refractivity contribution in [2.24, 2.45) is 0 Å². The van der Waals surface area contributed by atoms with Gasteiger partial charge in [-0.3, -0.25) is 9.59 Å². The minimum atomic E-state index is -0.660. The summed E-state index contributed by atoms with van der Waals surface area (Å²) in [5.74, 6) is -0.0515. The van der Waals surface area contributed by atoms with Crippen LogP contribution in [0, 0.1) is 0 Å². The molecule has 2 amide bonds. The van der Waals surface area contributed by atoms with E-state index in [9.17, 15) is 14.4 Å². The predicted octanol–water partition coefficient (Wildman–Crippen LogP) is 2.72. The number of hydrogen-bond acceptors (Lipinski definition) is 4. The molecule has 1 aromatic carbocycles. The summed E-state index contributed by atoms with van der Waals surface area (Å²) in [6, 6.07) is 5.25. The fourth-order valence-electron chi connectivity index (χ4n) is 3.40. The number of nitrogens with one attached hydrogen (secondary N) is 1. The number of nitrogens with zero attached hydrogens (tertiary/aromatic N) is 1. The third-order valence-corrected chi connectivity index (χ3v) is 4.65. The van der Waals surface area contributed by atoms with Gasteiger partial charge in [0.25, 0.3) is 0 Å². The maximum atomic E-state index is 12.6. The van der Waals surface area contributed by atoms with Gasteiger partial charge in [-0.1, -0.05) is 0 Å². The third-order valence-electron chi connectivity index (χ3n) is 4.65. The van der Waals surface area contributed by atoms with Crippen LogP contribution in [0.5, 0.6) is 0 Å². The lowest BCUT2D eigenvalue weighted by molar-refractivity contribution is -0.122. The first-order chi connectivity index (χ1) is 11.2. The molecule has 1 saturated heterocycles. The van der Waals surface area contributed by atoms with Gasteiger partial charge >= 0.3 is 6.09 Å². The molecule has 0 bridgehead atoms. The van der Waals surface area contributed by atoms with Gasteiger partial charge in [-0.2, -0.15) is 0 Å². The molecular formula is C18H22N2O4. The van der Waals surface area contributed by atoms with E-state index in [2.05, 4.69) is 5.32 Å². The zero-order chi connectivity index (χ0) is 17.5. The van der Waals surface area contributed by atoms with Crippen LogP contribution < -0.4 is 5.32 Å². The van der Waals surface area contributed by atoms with Gasteiger partial charge in [0.2, 0.25) is 5.91 Å². The summed E-state index contributed by atoms with van der Waals surface area (Å²) in [7, 11) is 0. The number of ether oxygens (including phenoxy) is 1. The average molecular weight is 330 g/mol. The monoisotopic (exact) mass is 330 g/mol. The summed E-state index contributed by atoms with van der Waals surface area (Å²) in [5, 5.41) is 2.90. The van der Waals surface area contributed by atoms with Gasteiger partial charge < -0.3 is 15.0 Å². The Hall–Kier alpha value is -2.37. The molecule has 0 atom stereocenters. The fourth-order valence-corrected chi connectivity index (χ4v) is 3.40. The Morgan fingerprint density at radius 1 is 1.29 bits per heavy atom. The van der Waals surface area contributed by atoms with Crippen LogP contribution in [0.15, 0.2) is 18.2 Å². The molecule has 0 aliphatic carbocycles. The molecule has 0 unspecified atom stereocenters. The van der Waals surface area contributed by atoms with Crippen molar-refractivity contribution in [3.05, 3.63) is 29.3 Å². The van der Waals surface area contributed by atoms with Crippen molar-refractivity contribution in [3.63, 3.8) is 0 Å². The van der Waals surface area contributed by atoms with Gasteiger partial charge in [-0.25, -0.2) is 4.79 Å². The second-order valence-corrected chi connectivity index (χ2v) is 7.43. The molecule has 3 rings (SSSR count). The van der Waals surface area contributed by atoms with Crippen molar-refractivity contribution < 1.29 is 19.1 Å². The number of likely N-dealkylation sites (tertiary alicyclic amines) is 1. The van der Waals surface area contributed by atoms with Crippen molar-refractivity contribution in [1.82, 2.24) is 4.90 Å².